The highest BCUT2D eigenvalue weighted by molar-refractivity contribution is 7.99. The van der Waals surface area contributed by atoms with Crippen LogP contribution >= 0.6 is 11.8 Å². The van der Waals surface area contributed by atoms with Gasteiger partial charge in [-0.25, -0.2) is 4.39 Å². The SMILES string of the molecule is Cn1cnnc1SCC(=O)NCc1ccccc1F. The third-order valence-electron chi connectivity index (χ3n) is 2.44. The van der Waals surface area contributed by atoms with Crippen LogP contribution in [0, 0.1) is 5.82 Å². The summed E-state index contributed by atoms with van der Waals surface area (Å²) < 4.78 is 15.1. The van der Waals surface area contributed by atoms with Crippen molar-refractivity contribution in [2.75, 3.05) is 5.75 Å². The number of aryl methyl sites for hydroxylation is 1. The first kappa shape index (κ1) is 13.5. The van der Waals surface area contributed by atoms with Crippen molar-refractivity contribution < 1.29 is 9.18 Å². The lowest BCUT2D eigenvalue weighted by Crippen LogP contribution is -2.25. The van der Waals surface area contributed by atoms with E-state index in [1.807, 2.05) is 0 Å². The third-order valence-corrected chi connectivity index (χ3v) is 3.47. The smallest absolute Gasteiger partial charge is 0.230 e. The molecule has 1 heterocycles. The number of rotatable bonds is 5. The van der Waals surface area contributed by atoms with Crippen LogP contribution in [0.1, 0.15) is 5.56 Å². The molecule has 1 N–H and O–H groups in total. The Hall–Kier alpha value is -1.89. The maximum Gasteiger partial charge on any atom is 0.230 e. The van der Waals surface area contributed by atoms with E-state index in [-0.39, 0.29) is 24.0 Å². The van der Waals surface area contributed by atoms with Gasteiger partial charge < -0.3 is 9.88 Å². The van der Waals surface area contributed by atoms with Crippen molar-refractivity contribution in [2.45, 2.75) is 11.7 Å². The minimum absolute atomic E-state index is 0.170. The van der Waals surface area contributed by atoms with Crippen LogP contribution in [0.15, 0.2) is 35.7 Å². The molecule has 5 nitrogen and oxygen atoms in total. The number of carbonyl (C=O) groups excluding carboxylic acids is 1. The molecule has 100 valence electrons. The molecule has 0 aliphatic heterocycles. The molecule has 0 fully saturated rings. The van der Waals surface area contributed by atoms with Gasteiger partial charge in [-0.2, -0.15) is 0 Å². The van der Waals surface area contributed by atoms with Gasteiger partial charge >= 0.3 is 0 Å². The number of benzene rings is 1. The highest BCUT2D eigenvalue weighted by Gasteiger charge is 2.07. The molecule has 0 radical (unpaired) electrons. The maximum absolute atomic E-state index is 13.3. The van der Waals surface area contributed by atoms with Gasteiger partial charge in [0.1, 0.15) is 12.1 Å². The van der Waals surface area contributed by atoms with Crippen molar-refractivity contribution in [1.82, 2.24) is 20.1 Å². The van der Waals surface area contributed by atoms with Crippen molar-refractivity contribution in [1.29, 1.82) is 0 Å². The number of aromatic nitrogens is 3. The lowest BCUT2D eigenvalue weighted by Gasteiger charge is -2.05. The number of carbonyl (C=O) groups is 1. The molecule has 2 aromatic rings. The van der Waals surface area contributed by atoms with Crippen LogP contribution in [0.5, 0.6) is 0 Å². The topological polar surface area (TPSA) is 59.8 Å². The summed E-state index contributed by atoms with van der Waals surface area (Å²) in [5.41, 5.74) is 0.472. The van der Waals surface area contributed by atoms with E-state index in [2.05, 4.69) is 15.5 Å². The summed E-state index contributed by atoms with van der Waals surface area (Å²) >= 11 is 1.28. The van der Waals surface area contributed by atoms with Crippen molar-refractivity contribution in [2.24, 2.45) is 7.05 Å². The lowest BCUT2D eigenvalue weighted by atomic mass is 10.2. The fourth-order valence-corrected chi connectivity index (χ4v) is 2.14. The molecular formula is C12H13FN4OS. The van der Waals surface area contributed by atoms with Gasteiger partial charge in [-0.05, 0) is 6.07 Å². The third kappa shape index (κ3) is 3.78. The second-order valence-electron chi connectivity index (χ2n) is 3.88. The normalized spacial score (nSPS) is 10.4. The van der Waals surface area contributed by atoms with Gasteiger partial charge in [-0.3, -0.25) is 4.79 Å². The molecule has 0 saturated carbocycles. The highest BCUT2D eigenvalue weighted by Crippen LogP contribution is 2.12. The molecule has 1 aromatic carbocycles. The fourth-order valence-electron chi connectivity index (χ4n) is 1.42. The van der Waals surface area contributed by atoms with Crippen molar-refractivity contribution >= 4 is 17.7 Å². The Morgan fingerprint density at radius 1 is 1.47 bits per heavy atom. The monoisotopic (exact) mass is 280 g/mol. The summed E-state index contributed by atoms with van der Waals surface area (Å²) in [4.78, 5) is 11.6. The van der Waals surface area contributed by atoms with Gasteiger partial charge in [-0.1, -0.05) is 30.0 Å². The van der Waals surface area contributed by atoms with Gasteiger partial charge in [0.25, 0.3) is 0 Å². The molecule has 0 spiro atoms. The molecule has 0 atom stereocenters. The summed E-state index contributed by atoms with van der Waals surface area (Å²) in [6, 6.07) is 6.37. The van der Waals surface area contributed by atoms with Crippen LogP contribution in [-0.4, -0.2) is 26.4 Å². The highest BCUT2D eigenvalue weighted by atomic mass is 32.2. The summed E-state index contributed by atoms with van der Waals surface area (Å²) in [7, 11) is 1.81. The van der Waals surface area contributed by atoms with Gasteiger partial charge in [0.05, 0.1) is 5.75 Å². The zero-order valence-corrected chi connectivity index (χ0v) is 11.2. The number of nitrogens with zero attached hydrogens (tertiary/aromatic N) is 3. The van der Waals surface area contributed by atoms with E-state index >= 15 is 0 Å². The number of amides is 1. The quantitative estimate of drug-likeness (QED) is 0.840. The number of thioether (sulfide) groups is 1. The zero-order valence-electron chi connectivity index (χ0n) is 10.3. The van der Waals surface area contributed by atoms with E-state index in [0.717, 1.165) is 0 Å². The Morgan fingerprint density at radius 3 is 2.95 bits per heavy atom. The number of halogens is 1. The second-order valence-corrected chi connectivity index (χ2v) is 4.82. The maximum atomic E-state index is 13.3. The van der Waals surface area contributed by atoms with Gasteiger partial charge in [0.15, 0.2) is 5.16 Å². The van der Waals surface area contributed by atoms with E-state index in [1.165, 1.54) is 17.8 Å². The number of hydrogen-bond donors (Lipinski definition) is 1. The first-order valence-corrected chi connectivity index (χ1v) is 6.62. The van der Waals surface area contributed by atoms with Crippen molar-refractivity contribution in [3.05, 3.63) is 42.0 Å². The summed E-state index contributed by atoms with van der Waals surface area (Å²) in [6.45, 7) is 0.185. The Labute approximate surface area is 114 Å². The molecule has 0 unspecified atom stereocenters. The van der Waals surface area contributed by atoms with Crippen LogP contribution in [0.3, 0.4) is 0 Å². The summed E-state index contributed by atoms with van der Waals surface area (Å²) in [6.07, 6.45) is 1.57. The standard InChI is InChI=1S/C12H13FN4OS/c1-17-8-15-16-12(17)19-7-11(18)14-6-9-4-2-3-5-10(9)13/h2-5,8H,6-7H2,1H3,(H,14,18). The molecule has 19 heavy (non-hydrogen) atoms. The minimum Gasteiger partial charge on any atom is -0.351 e. The molecule has 1 amide bonds. The van der Waals surface area contributed by atoms with Crippen molar-refractivity contribution in [3.8, 4) is 0 Å². The van der Waals surface area contributed by atoms with E-state index in [0.29, 0.717) is 10.7 Å². The fraction of sp³-hybridized carbons (Fsp3) is 0.250. The number of hydrogen-bond acceptors (Lipinski definition) is 4. The van der Waals surface area contributed by atoms with Gasteiger partial charge in [-0.15, -0.1) is 10.2 Å². The van der Waals surface area contributed by atoms with E-state index in [1.54, 1.807) is 36.1 Å². The summed E-state index contributed by atoms with van der Waals surface area (Å²) in [5, 5.41) is 10.9. The lowest BCUT2D eigenvalue weighted by molar-refractivity contribution is -0.118. The van der Waals surface area contributed by atoms with Gasteiger partial charge in [0, 0.05) is 19.2 Å². The molecule has 0 aliphatic rings. The van der Waals surface area contributed by atoms with E-state index < -0.39 is 0 Å². The number of nitrogens with one attached hydrogen (secondary N) is 1. The summed E-state index contributed by atoms with van der Waals surface area (Å²) in [5.74, 6) is -0.263. The van der Waals surface area contributed by atoms with Crippen LogP contribution in [0.2, 0.25) is 0 Å². The second kappa shape index (κ2) is 6.33. The first-order chi connectivity index (χ1) is 9.16. The van der Waals surface area contributed by atoms with Crippen LogP contribution < -0.4 is 5.32 Å². The minimum atomic E-state index is -0.316. The molecule has 7 heteroatoms. The Balaban J connectivity index is 1.79. The van der Waals surface area contributed by atoms with Crippen LogP contribution in [0.4, 0.5) is 4.39 Å². The van der Waals surface area contributed by atoms with E-state index in [9.17, 15) is 9.18 Å². The van der Waals surface area contributed by atoms with Crippen LogP contribution in [-0.2, 0) is 18.4 Å². The average molecular weight is 280 g/mol. The molecular weight excluding hydrogens is 267 g/mol. The van der Waals surface area contributed by atoms with E-state index in [4.69, 9.17) is 0 Å². The van der Waals surface area contributed by atoms with Crippen molar-refractivity contribution in [3.63, 3.8) is 0 Å². The first-order valence-electron chi connectivity index (χ1n) is 5.63. The largest absolute Gasteiger partial charge is 0.351 e. The average Bonchev–Trinajstić information content (AvgIpc) is 2.81. The van der Waals surface area contributed by atoms with Crippen LogP contribution in [0.25, 0.3) is 0 Å². The van der Waals surface area contributed by atoms with Gasteiger partial charge in [0.2, 0.25) is 5.91 Å². The predicted octanol–water partition coefficient (Wildman–Crippen LogP) is 1.36. The molecule has 0 bridgehead atoms. The Morgan fingerprint density at radius 2 is 2.26 bits per heavy atom. The molecule has 1 aromatic heterocycles. The zero-order chi connectivity index (χ0) is 13.7. The molecule has 0 saturated heterocycles. The predicted molar refractivity (Wildman–Crippen MR) is 70.0 cm³/mol. The Bertz CT molecular complexity index is 572. The Kier molecular flexibility index (Phi) is 4.51. The molecule has 2 rings (SSSR count). The molecule has 0 aliphatic carbocycles.